The molecule has 3 nitrogen and oxygen atoms in total. The van der Waals surface area contributed by atoms with E-state index >= 15 is 0 Å². The fourth-order valence-corrected chi connectivity index (χ4v) is 1.67. The van der Waals surface area contributed by atoms with E-state index in [0.717, 1.165) is 6.07 Å². The van der Waals surface area contributed by atoms with Crippen molar-refractivity contribution in [3.05, 3.63) is 28.2 Å². The van der Waals surface area contributed by atoms with Crippen LogP contribution in [0.3, 0.4) is 0 Å². The van der Waals surface area contributed by atoms with Crippen molar-refractivity contribution in [3.8, 4) is 5.75 Å². The molecule has 0 bridgehead atoms. The number of ether oxygens (including phenoxy) is 1. The van der Waals surface area contributed by atoms with E-state index in [4.69, 9.17) is 5.11 Å². The second-order valence-electron chi connectivity index (χ2n) is 3.21. The number of alkyl halides is 3. The normalized spacial score (nSPS) is 11.3. The van der Waals surface area contributed by atoms with Crippen molar-refractivity contribution in [1.82, 2.24) is 0 Å². The Balaban J connectivity index is 2.76. The highest BCUT2D eigenvalue weighted by Crippen LogP contribution is 2.31. The molecular weight excluding hydrogens is 305 g/mol. The molecule has 0 amide bonds. The Morgan fingerprint density at radius 3 is 2.53 bits per heavy atom. The Morgan fingerprint density at radius 2 is 2.06 bits per heavy atom. The minimum absolute atomic E-state index is 0.0775. The predicted octanol–water partition coefficient (Wildman–Crippen LogP) is 3.36. The van der Waals surface area contributed by atoms with Gasteiger partial charge in [-0.05, 0) is 40.0 Å². The third kappa shape index (κ3) is 5.08. The Bertz CT molecular complexity index is 418. The molecule has 7 heteroatoms. The molecule has 1 aromatic carbocycles. The van der Waals surface area contributed by atoms with Gasteiger partial charge < -0.3 is 9.84 Å². The first-order valence-corrected chi connectivity index (χ1v) is 5.33. The molecule has 0 aliphatic heterocycles. The molecule has 1 rings (SSSR count). The fourth-order valence-electron chi connectivity index (χ4n) is 1.16. The summed E-state index contributed by atoms with van der Waals surface area (Å²) in [4.78, 5) is 10.3. The summed E-state index contributed by atoms with van der Waals surface area (Å²) in [5, 5.41) is 8.47. The second kappa shape index (κ2) is 5.39. The summed E-state index contributed by atoms with van der Waals surface area (Å²) in [6.45, 7) is 0. The molecule has 17 heavy (non-hydrogen) atoms. The van der Waals surface area contributed by atoms with Gasteiger partial charge in [0.15, 0.2) is 0 Å². The van der Waals surface area contributed by atoms with Gasteiger partial charge in [0, 0.05) is 6.42 Å². The van der Waals surface area contributed by atoms with Crippen molar-refractivity contribution in [2.45, 2.75) is 19.2 Å². The lowest BCUT2D eigenvalue weighted by molar-refractivity contribution is -0.274. The van der Waals surface area contributed by atoms with Gasteiger partial charge >= 0.3 is 12.3 Å². The Morgan fingerprint density at radius 1 is 1.41 bits per heavy atom. The summed E-state index contributed by atoms with van der Waals surface area (Å²) in [6.07, 6.45) is -4.57. The number of carboxylic acid groups (broad SMARTS) is 1. The number of hydrogen-bond donors (Lipinski definition) is 1. The van der Waals surface area contributed by atoms with Crippen LogP contribution in [-0.2, 0) is 11.2 Å². The zero-order valence-corrected chi connectivity index (χ0v) is 10.0. The average molecular weight is 313 g/mol. The van der Waals surface area contributed by atoms with E-state index in [9.17, 15) is 18.0 Å². The summed E-state index contributed by atoms with van der Waals surface area (Å²) in [5.74, 6) is -1.31. The summed E-state index contributed by atoms with van der Waals surface area (Å²) in [6, 6.07) is 3.95. The average Bonchev–Trinajstić information content (AvgIpc) is 2.17. The molecule has 0 atom stereocenters. The van der Waals surface area contributed by atoms with E-state index in [-0.39, 0.29) is 23.1 Å². The molecule has 0 fully saturated rings. The molecule has 0 saturated carbocycles. The maximum Gasteiger partial charge on any atom is 0.573 e. The maximum atomic E-state index is 12.0. The van der Waals surface area contributed by atoms with Gasteiger partial charge in [-0.2, -0.15) is 0 Å². The number of carboxylic acids is 1. The van der Waals surface area contributed by atoms with Gasteiger partial charge in [-0.1, -0.05) is 6.07 Å². The van der Waals surface area contributed by atoms with Crippen LogP contribution in [0.4, 0.5) is 13.2 Å². The van der Waals surface area contributed by atoms with Gasteiger partial charge in [-0.25, -0.2) is 0 Å². The Kier molecular flexibility index (Phi) is 4.39. The van der Waals surface area contributed by atoms with E-state index in [1.807, 2.05) is 0 Å². The lowest BCUT2D eigenvalue weighted by atomic mass is 10.1. The summed E-state index contributed by atoms with van der Waals surface area (Å²) in [7, 11) is 0. The second-order valence-corrected chi connectivity index (χ2v) is 4.06. The molecule has 94 valence electrons. The van der Waals surface area contributed by atoms with Crippen LogP contribution in [0.25, 0.3) is 0 Å². The van der Waals surface area contributed by atoms with E-state index < -0.39 is 12.3 Å². The lowest BCUT2D eigenvalue weighted by Gasteiger charge is -2.11. The molecule has 0 aromatic heterocycles. The Hall–Kier alpha value is -1.24. The molecule has 0 heterocycles. The summed E-state index contributed by atoms with van der Waals surface area (Å²) >= 11 is 2.93. The molecule has 1 N–H and O–H groups in total. The minimum atomic E-state index is -4.74. The molecule has 0 radical (unpaired) electrons. The highest BCUT2D eigenvalue weighted by Gasteiger charge is 2.31. The first-order valence-electron chi connectivity index (χ1n) is 4.54. The van der Waals surface area contributed by atoms with E-state index in [1.54, 1.807) is 0 Å². The van der Waals surface area contributed by atoms with Crippen LogP contribution >= 0.6 is 15.9 Å². The fraction of sp³-hybridized carbons (Fsp3) is 0.300. The van der Waals surface area contributed by atoms with Crippen LogP contribution in [0.2, 0.25) is 0 Å². The Labute approximate surface area is 103 Å². The zero-order chi connectivity index (χ0) is 13.1. The third-order valence-electron chi connectivity index (χ3n) is 1.85. The third-order valence-corrected chi connectivity index (χ3v) is 2.47. The number of rotatable bonds is 4. The highest BCUT2D eigenvalue weighted by atomic mass is 79.9. The zero-order valence-electron chi connectivity index (χ0n) is 8.42. The number of benzene rings is 1. The molecule has 0 saturated heterocycles. The van der Waals surface area contributed by atoms with E-state index in [2.05, 4.69) is 20.7 Å². The van der Waals surface area contributed by atoms with Crippen LogP contribution in [0.15, 0.2) is 22.7 Å². The molecule has 0 aliphatic carbocycles. The van der Waals surface area contributed by atoms with Gasteiger partial charge in [0.1, 0.15) is 5.75 Å². The van der Waals surface area contributed by atoms with Crippen LogP contribution in [0.5, 0.6) is 5.75 Å². The summed E-state index contributed by atoms with van der Waals surface area (Å²) in [5.41, 5.74) is 0.619. The quantitative estimate of drug-likeness (QED) is 0.927. The van der Waals surface area contributed by atoms with Gasteiger partial charge in [-0.15, -0.1) is 13.2 Å². The minimum Gasteiger partial charge on any atom is -0.481 e. The van der Waals surface area contributed by atoms with Gasteiger partial charge in [0.05, 0.1) is 4.47 Å². The first kappa shape index (κ1) is 13.8. The van der Waals surface area contributed by atoms with E-state index in [0.29, 0.717) is 5.56 Å². The van der Waals surface area contributed by atoms with Crippen LogP contribution in [0.1, 0.15) is 12.0 Å². The topological polar surface area (TPSA) is 46.5 Å². The van der Waals surface area contributed by atoms with Crippen molar-refractivity contribution in [2.75, 3.05) is 0 Å². The lowest BCUT2D eigenvalue weighted by Crippen LogP contribution is -2.17. The van der Waals surface area contributed by atoms with Crippen molar-refractivity contribution in [2.24, 2.45) is 0 Å². The highest BCUT2D eigenvalue weighted by molar-refractivity contribution is 9.10. The number of carbonyl (C=O) groups is 1. The molecule has 0 spiro atoms. The number of halogens is 4. The molecular formula is C10H8BrF3O3. The first-order chi connectivity index (χ1) is 7.78. The van der Waals surface area contributed by atoms with Crippen molar-refractivity contribution in [3.63, 3.8) is 0 Å². The SMILES string of the molecule is O=C(O)CCc1ccc(OC(F)(F)F)c(Br)c1. The van der Waals surface area contributed by atoms with Crippen LogP contribution < -0.4 is 4.74 Å². The number of hydrogen-bond acceptors (Lipinski definition) is 2. The number of aryl methyl sites for hydroxylation is 1. The van der Waals surface area contributed by atoms with Gasteiger partial charge in [-0.3, -0.25) is 4.79 Å². The molecule has 0 aliphatic rings. The maximum absolute atomic E-state index is 12.0. The molecule has 0 unspecified atom stereocenters. The predicted molar refractivity (Wildman–Crippen MR) is 56.8 cm³/mol. The molecule has 1 aromatic rings. The van der Waals surface area contributed by atoms with Crippen molar-refractivity contribution < 1.29 is 27.8 Å². The van der Waals surface area contributed by atoms with Gasteiger partial charge in [0.2, 0.25) is 0 Å². The van der Waals surface area contributed by atoms with Crippen LogP contribution in [-0.4, -0.2) is 17.4 Å². The van der Waals surface area contributed by atoms with Crippen molar-refractivity contribution >= 4 is 21.9 Å². The standard InChI is InChI=1S/C10H8BrF3O3/c11-7-5-6(2-4-9(15)16)1-3-8(7)17-10(12,13)14/h1,3,5H,2,4H2,(H,15,16). The number of aliphatic carboxylic acids is 1. The summed E-state index contributed by atoms with van der Waals surface area (Å²) < 4.78 is 39.8. The van der Waals surface area contributed by atoms with Gasteiger partial charge in [0.25, 0.3) is 0 Å². The smallest absolute Gasteiger partial charge is 0.481 e. The van der Waals surface area contributed by atoms with Crippen molar-refractivity contribution in [1.29, 1.82) is 0 Å². The largest absolute Gasteiger partial charge is 0.573 e. The monoisotopic (exact) mass is 312 g/mol. The van der Waals surface area contributed by atoms with Crippen LogP contribution in [0, 0.1) is 0 Å². The van der Waals surface area contributed by atoms with E-state index in [1.165, 1.54) is 12.1 Å².